The number of carboxylic acid groups (broad SMARTS) is 2. The molecule has 1 aromatic heterocycles. The van der Waals surface area contributed by atoms with E-state index in [0.29, 0.717) is 25.9 Å². The van der Waals surface area contributed by atoms with Gasteiger partial charge >= 0.3 is 17.9 Å². The van der Waals surface area contributed by atoms with Crippen LogP contribution in [0.2, 0.25) is 0 Å². The van der Waals surface area contributed by atoms with Crippen LogP contribution >= 0.6 is 11.3 Å². The second-order valence-electron chi connectivity index (χ2n) is 8.14. The zero-order valence-electron chi connectivity index (χ0n) is 19.1. The summed E-state index contributed by atoms with van der Waals surface area (Å²) in [5.41, 5.74) is 5.48. The lowest BCUT2D eigenvalue weighted by atomic mass is 10.1. The molecule has 192 valence electrons. The predicted molar refractivity (Wildman–Crippen MR) is 127 cm³/mol. The molecule has 1 aliphatic rings. The number of benzene rings is 1. The monoisotopic (exact) mass is 520 g/mol. The molecule has 5 N–H and O–H groups in total. The summed E-state index contributed by atoms with van der Waals surface area (Å²) in [5.74, 6) is -5.03. The van der Waals surface area contributed by atoms with Gasteiger partial charge in [-0.25, -0.2) is 9.18 Å². The molecule has 0 unspecified atom stereocenters. The highest BCUT2D eigenvalue weighted by Crippen LogP contribution is 2.27. The van der Waals surface area contributed by atoms with Gasteiger partial charge in [-0.3, -0.25) is 24.7 Å². The average molecular weight is 521 g/mol. The van der Waals surface area contributed by atoms with Gasteiger partial charge in [-0.1, -0.05) is 0 Å². The highest BCUT2D eigenvalue weighted by Gasteiger charge is 2.34. The number of aliphatic carboxylic acids is 2. The third-order valence-electron chi connectivity index (χ3n) is 5.55. The zero-order chi connectivity index (χ0) is 26.4. The van der Waals surface area contributed by atoms with E-state index in [2.05, 4.69) is 0 Å². The minimum atomic E-state index is -1.23. The maximum atomic E-state index is 14.2. The molecule has 0 saturated carbocycles. The lowest BCUT2D eigenvalue weighted by Crippen LogP contribution is -2.47. The van der Waals surface area contributed by atoms with Crippen molar-refractivity contribution in [2.75, 3.05) is 19.6 Å². The van der Waals surface area contributed by atoms with Gasteiger partial charge in [0.25, 0.3) is 0 Å². The first-order valence-corrected chi connectivity index (χ1v) is 11.8. The number of hydrogen-bond acceptors (Lipinski definition) is 8. The topological polar surface area (TPSA) is 174 Å². The van der Waals surface area contributed by atoms with Gasteiger partial charge in [-0.15, -0.1) is 11.3 Å². The fraction of sp³-hybridized carbons (Fsp3) is 0.348. The van der Waals surface area contributed by atoms with E-state index in [-0.39, 0.29) is 35.0 Å². The Kier molecular flexibility index (Phi) is 8.72. The standard InChI is InChI=1S/C23H25FN4O7S/c24-15-10-13(21(25)26)3-5-17(15)35-23(34)18-6-4-14(36-18)11-27-8-1-2-16(27)22(33)28(12-20(31)32)9-7-19(29)30/h3-6,10,16H,1-2,7-9,11-12H2,(H3,25,26)(H,29,30)(H,31,32)/t16-/m1/s1. The van der Waals surface area contributed by atoms with Crippen LogP contribution in [0.25, 0.3) is 0 Å². The van der Waals surface area contributed by atoms with Crippen LogP contribution in [-0.2, 0) is 20.9 Å². The fourth-order valence-electron chi connectivity index (χ4n) is 3.84. The number of carboxylic acids is 2. The summed E-state index contributed by atoms with van der Waals surface area (Å²) in [7, 11) is 0. The summed E-state index contributed by atoms with van der Waals surface area (Å²) in [5, 5.41) is 25.4. The van der Waals surface area contributed by atoms with Crippen LogP contribution in [0.4, 0.5) is 4.39 Å². The molecule has 3 rings (SSSR count). The van der Waals surface area contributed by atoms with Crippen molar-refractivity contribution >= 4 is 41.0 Å². The number of nitrogens with zero attached hydrogens (tertiary/aromatic N) is 2. The molecule has 0 aliphatic carbocycles. The van der Waals surface area contributed by atoms with Crippen LogP contribution in [0.1, 0.15) is 39.4 Å². The van der Waals surface area contributed by atoms with Gasteiger partial charge in [-0.2, -0.15) is 0 Å². The molecule has 1 aromatic carbocycles. The number of nitrogen functional groups attached to an aromatic ring is 1. The van der Waals surface area contributed by atoms with Crippen molar-refractivity contribution in [3.05, 3.63) is 51.5 Å². The van der Waals surface area contributed by atoms with Crippen LogP contribution in [-0.4, -0.2) is 75.3 Å². The minimum absolute atomic E-state index is 0.158. The van der Waals surface area contributed by atoms with E-state index < -0.39 is 42.2 Å². The predicted octanol–water partition coefficient (Wildman–Crippen LogP) is 1.74. The third kappa shape index (κ3) is 6.86. The fourth-order valence-corrected chi connectivity index (χ4v) is 4.75. The highest BCUT2D eigenvalue weighted by molar-refractivity contribution is 7.13. The molecule has 0 spiro atoms. The summed E-state index contributed by atoms with van der Waals surface area (Å²) in [6.07, 6.45) is 0.837. The lowest BCUT2D eigenvalue weighted by Gasteiger charge is -2.29. The first-order chi connectivity index (χ1) is 17.0. The number of carbonyl (C=O) groups is 4. The van der Waals surface area contributed by atoms with Gasteiger partial charge in [0.1, 0.15) is 17.3 Å². The summed E-state index contributed by atoms with van der Waals surface area (Å²) in [6.45, 7) is 0.0939. The van der Waals surface area contributed by atoms with E-state index in [1.807, 2.05) is 4.90 Å². The Morgan fingerprint density at radius 2 is 1.94 bits per heavy atom. The van der Waals surface area contributed by atoms with E-state index in [1.54, 1.807) is 6.07 Å². The SMILES string of the molecule is N=C(N)c1ccc(OC(=O)c2ccc(CN3CCC[C@@H]3C(=O)N(CCC(=O)O)CC(=O)O)s2)c(F)c1. The second-order valence-corrected chi connectivity index (χ2v) is 9.31. The van der Waals surface area contributed by atoms with Crippen molar-refractivity contribution in [2.24, 2.45) is 5.73 Å². The molecule has 2 aromatic rings. The van der Waals surface area contributed by atoms with Crippen molar-refractivity contribution in [2.45, 2.75) is 31.8 Å². The first kappa shape index (κ1) is 26.8. The van der Waals surface area contributed by atoms with Crippen LogP contribution in [0.15, 0.2) is 30.3 Å². The lowest BCUT2D eigenvalue weighted by molar-refractivity contribution is -0.148. The number of ether oxygens (including phenoxy) is 1. The molecule has 11 nitrogen and oxygen atoms in total. The molecular formula is C23H25FN4O7S. The number of halogens is 1. The molecule has 1 amide bonds. The smallest absolute Gasteiger partial charge is 0.353 e. The Labute approximate surface area is 209 Å². The number of amides is 1. The van der Waals surface area contributed by atoms with Crippen molar-refractivity contribution in [3.8, 4) is 5.75 Å². The minimum Gasteiger partial charge on any atom is -0.481 e. The molecule has 1 aliphatic heterocycles. The molecular weight excluding hydrogens is 495 g/mol. The average Bonchev–Trinajstić information content (AvgIpc) is 3.47. The molecule has 1 fully saturated rings. The van der Waals surface area contributed by atoms with Crippen molar-refractivity contribution in [3.63, 3.8) is 0 Å². The Balaban J connectivity index is 1.65. The van der Waals surface area contributed by atoms with E-state index in [4.69, 9.17) is 26.1 Å². The second kappa shape index (κ2) is 11.7. The maximum Gasteiger partial charge on any atom is 0.353 e. The number of nitrogens with two attached hydrogens (primary N) is 1. The van der Waals surface area contributed by atoms with Gasteiger partial charge in [0.05, 0.1) is 12.5 Å². The molecule has 0 radical (unpaired) electrons. The Morgan fingerprint density at radius 1 is 1.19 bits per heavy atom. The summed E-state index contributed by atoms with van der Waals surface area (Å²) < 4.78 is 19.3. The summed E-state index contributed by atoms with van der Waals surface area (Å²) in [4.78, 5) is 51.5. The number of thiophene rings is 1. The van der Waals surface area contributed by atoms with E-state index in [0.717, 1.165) is 27.2 Å². The highest BCUT2D eigenvalue weighted by atomic mass is 32.1. The summed E-state index contributed by atoms with van der Waals surface area (Å²) >= 11 is 1.12. The van der Waals surface area contributed by atoms with E-state index in [9.17, 15) is 23.6 Å². The van der Waals surface area contributed by atoms with Crippen molar-refractivity contribution in [1.29, 1.82) is 5.41 Å². The number of esters is 1. The van der Waals surface area contributed by atoms with Crippen LogP contribution < -0.4 is 10.5 Å². The molecule has 1 saturated heterocycles. The normalized spacial score (nSPS) is 15.4. The van der Waals surface area contributed by atoms with Crippen molar-refractivity contribution < 1.29 is 38.5 Å². The van der Waals surface area contributed by atoms with Gasteiger partial charge in [0.2, 0.25) is 5.91 Å². The Morgan fingerprint density at radius 3 is 2.58 bits per heavy atom. The molecule has 0 bridgehead atoms. The number of rotatable bonds is 11. The van der Waals surface area contributed by atoms with Crippen LogP contribution in [0.3, 0.4) is 0 Å². The van der Waals surface area contributed by atoms with E-state index >= 15 is 0 Å². The molecule has 13 heteroatoms. The van der Waals surface area contributed by atoms with Gasteiger partial charge in [0.15, 0.2) is 11.6 Å². The number of hydrogen-bond donors (Lipinski definition) is 4. The molecule has 2 heterocycles. The maximum absolute atomic E-state index is 14.2. The zero-order valence-corrected chi connectivity index (χ0v) is 19.9. The van der Waals surface area contributed by atoms with E-state index in [1.165, 1.54) is 18.2 Å². The molecule has 36 heavy (non-hydrogen) atoms. The first-order valence-electron chi connectivity index (χ1n) is 11.0. The number of amidine groups is 1. The quantitative estimate of drug-likeness (QED) is 0.149. The van der Waals surface area contributed by atoms with Crippen molar-refractivity contribution in [1.82, 2.24) is 9.80 Å². The Hall–Kier alpha value is -3.84. The number of nitrogens with one attached hydrogen (secondary N) is 1. The van der Waals surface area contributed by atoms with Gasteiger partial charge in [-0.05, 0) is 49.7 Å². The number of likely N-dealkylation sites (tertiary alicyclic amines) is 1. The van der Waals surface area contributed by atoms with Gasteiger partial charge < -0.3 is 25.6 Å². The number of carbonyl (C=O) groups excluding carboxylic acids is 2. The molecule has 1 atom stereocenters. The third-order valence-corrected chi connectivity index (χ3v) is 6.60. The largest absolute Gasteiger partial charge is 0.481 e. The van der Waals surface area contributed by atoms with Crippen LogP contribution in [0, 0.1) is 11.2 Å². The Bertz CT molecular complexity index is 1180. The van der Waals surface area contributed by atoms with Gasteiger partial charge in [0, 0.05) is 23.5 Å². The summed E-state index contributed by atoms with van der Waals surface area (Å²) in [6, 6.07) is 6.19. The van der Waals surface area contributed by atoms with Crippen LogP contribution in [0.5, 0.6) is 5.75 Å².